The predicted molar refractivity (Wildman–Crippen MR) is 197 cm³/mol. The molecule has 43 heavy (non-hydrogen) atoms. The average molecular weight is 607 g/mol. The van der Waals surface area contributed by atoms with Crippen LogP contribution in [0.25, 0.3) is 0 Å². The molecule has 0 amide bonds. The molecular formula is C42H86O. The third-order valence-electron chi connectivity index (χ3n) is 10.2. The summed E-state index contributed by atoms with van der Waals surface area (Å²) in [4.78, 5) is 0. The molecular weight excluding hydrogens is 520 g/mol. The van der Waals surface area contributed by atoms with Crippen molar-refractivity contribution in [1.82, 2.24) is 0 Å². The van der Waals surface area contributed by atoms with E-state index in [2.05, 4.69) is 13.8 Å². The Hall–Kier alpha value is -0.0400. The van der Waals surface area contributed by atoms with Crippen molar-refractivity contribution in [3.05, 3.63) is 0 Å². The molecule has 0 rings (SSSR count). The lowest BCUT2D eigenvalue weighted by atomic mass is 9.89. The predicted octanol–water partition coefficient (Wildman–Crippen LogP) is 15.5. The van der Waals surface area contributed by atoms with Gasteiger partial charge in [-0.05, 0) is 12.3 Å². The summed E-state index contributed by atoms with van der Waals surface area (Å²) < 4.78 is 0. The van der Waals surface area contributed by atoms with Gasteiger partial charge in [0.05, 0.1) is 0 Å². The number of hydrogen-bond acceptors (Lipinski definition) is 1. The maximum atomic E-state index is 9.15. The van der Waals surface area contributed by atoms with Gasteiger partial charge >= 0.3 is 0 Å². The van der Waals surface area contributed by atoms with Crippen LogP contribution >= 0.6 is 0 Å². The van der Waals surface area contributed by atoms with Crippen LogP contribution in [0.1, 0.15) is 258 Å². The molecule has 0 atom stereocenters. The van der Waals surface area contributed by atoms with Crippen molar-refractivity contribution in [3.63, 3.8) is 0 Å². The van der Waals surface area contributed by atoms with Gasteiger partial charge in [0.2, 0.25) is 0 Å². The second-order valence-corrected chi connectivity index (χ2v) is 14.6. The molecule has 1 heteroatoms. The molecule has 0 bridgehead atoms. The van der Waals surface area contributed by atoms with E-state index in [1.54, 1.807) is 0 Å². The van der Waals surface area contributed by atoms with Crippen LogP contribution in [-0.2, 0) is 0 Å². The zero-order chi connectivity index (χ0) is 31.2. The van der Waals surface area contributed by atoms with Gasteiger partial charge in [-0.3, -0.25) is 0 Å². The summed E-state index contributed by atoms with van der Waals surface area (Å²) in [7, 11) is 0. The SMILES string of the molecule is CCCCCCCCCCCCCCCCCCC(CCCCCO)CCCCCCCCCCCCCCCCCC. The molecule has 0 saturated heterocycles. The fraction of sp³-hybridized carbons (Fsp3) is 1.00. The second-order valence-electron chi connectivity index (χ2n) is 14.6. The number of rotatable bonds is 39. The monoisotopic (exact) mass is 607 g/mol. The highest BCUT2D eigenvalue weighted by atomic mass is 16.2. The first kappa shape index (κ1) is 43.0. The van der Waals surface area contributed by atoms with E-state index in [4.69, 9.17) is 5.11 Å². The van der Waals surface area contributed by atoms with E-state index in [1.165, 1.54) is 238 Å². The van der Waals surface area contributed by atoms with E-state index in [0.29, 0.717) is 6.61 Å². The zero-order valence-electron chi connectivity index (χ0n) is 30.6. The van der Waals surface area contributed by atoms with Crippen LogP contribution in [0, 0.1) is 5.92 Å². The second kappa shape index (κ2) is 40.0. The quantitative estimate of drug-likeness (QED) is 0.0690. The number of unbranched alkanes of at least 4 members (excludes halogenated alkanes) is 32. The minimum Gasteiger partial charge on any atom is -0.396 e. The molecule has 0 radical (unpaired) electrons. The van der Waals surface area contributed by atoms with Crippen LogP contribution in [0.5, 0.6) is 0 Å². The third kappa shape index (κ3) is 38.1. The van der Waals surface area contributed by atoms with Gasteiger partial charge in [-0.2, -0.15) is 0 Å². The van der Waals surface area contributed by atoms with Gasteiger partial charge in [0.1, 0.15) is 0 Å². The molecule has 0 aromatic rings. The smallest absolute Gasteiger partial charge is 0.0431 e. The van der Waals surface area contributed by atoms with Gasteiger partial charge in [0.15, 0.2) is 0 Å². The Morgan fingerprint density at radius 2 is 0.442 bits per heavy atom. The minimum absolute atomic E-state index is 0.378. The maximum Gasteiger partial charge on any atom is 0.0431 e. The lowest BCUT2D eigenvalue weighted by Crippen LogP contribution is -2.02. The molecule has 0 aromatic carbocycles. The summed E-state index contributed by atoms with van der Waals surface area (Å²) in [6.07, 6.45) is 54.7. The molecule has 0 unspecified atom stereocenters. The lowest BCUT2D eigenvalue weighted by Gasteiger charge is -2.17. The van der Waals surface area contributed by atoms with Crippen LogP contribution in [0.2, 0.25) is 0 Å². The van der Waals surface area contributed by atoms with E-state index < -0.39 is 0 Å². The number of hydrogen-bond donors (Lipinski definition) is 1. The van der Waals surface area contributed by atoms with Gasteiger partial charge < -0.3 is 5.11 Å². The van der Waals surface area contributed by atoms with Crippen molar-refractivity contribution in [2.75, 3.05) is 6.61 Å². The average Bonchev–Trinajstić information content (AvgIpc) is 3.02. The molecule has 260 valence electrons. The van der Waals surface area contributed by atoms with Gasteiger partial charge in [0.25, 0.3) is 0 Å². The summed E-state index contributed by atoms with van der Waals surface area (Å²) in [6, 6.07) is 0. The molecule has 0 aliphatic rings. The molecule has 1 nitrogen and oxygen atoms in total. The van der Waals surface area contributed by atoms with E-state index in [1.807, 2.05) is 0 Å². The van der Waals surface area contributed by atoms with Crippen molar-refractivity contribution in [1.29, 1.82) is 0 Å². The molecule has 0 aliphatic carbocycles. The van der Waals surface area contributed by atoms with E-state index in [0.717, 1.165) is 12.3 Å². The van der Waals surface area contributed by atoms with Crippen LogP contribution in [0.15, 0.2) is 0 Å². The van der Waals surface area contributed by atoms with Gasteiger partial charge in [-0.1, -0.05) is 251 Å². The van der Waals surface area contributed by atoms with E-state index in [-0.39, 0.29) is 0 Å². The molecule has 0 spiro atoms. The molecule has 0 saturated carbocycles. The van der Waals surface area contributed by atoms with Crippen molar-refractivity contribution >= 4 is 0 Å². The largest absolute Gasteiger partial charge is 0.396 e. The van der Waals surface area contributed by atoms with Crippen molar-refractivity contribution < 1.29 is 5.11 Å². The Bertz CT molecular complexity index is 424. The normalized spacial score (nSPS) is 11.7. The highest BCUT2D eigenvalue weighted by molar-refractivity contribution is 4.62. The zero-order valence-corrected chi connectivity index (χ0v) is 30.6. The lowest BCUT2D eigenvalue weighted by molar-refractivity contribution is 0.278. The topological polar surface area (TPSA) is 20.2 Å². The standard InChI is InChI=1S/C42H86O/c1-3-5-7-9-11-13-15-17-19-21-23-25-27-29-31-34-38-42(40-36-33-37-41-43)39-35-32-30-28-26-24-22-20-18-16-14-12-10-8-6-4-2/h42-43H,3-41H2,1-2H3. The molecule has 0 fully saturated rings. The van der Waals surface area contributed by atoms with Crippen molar-refractivity contribution in [3.8, 4) is 0 Å². The van der Waals surface area contributed by atoms with Crippen LogP contribution in [0.3, 0.4) is 0 Å². The fourth-order valence-electron chi connectivity index (χ4n) is 7.12. The summed E-state index contributed by atoms with van der Waals surface area (Å²) in [5.74, 6) is 0.956. The summed E-state index contributed by atoms with van der Waals surface area (Å²) in [5.41, 5.74) is 0. The van der Waals surface area contributed by atoms with Crippen LogP contribution in [0.4, 0.5) is 0 Å². The number of aliphatic hydroxyl groups is 1. The Kier molecular flexibility index (Phi) is 39.9. The number of aliphatic hydroxyl groups excluding tert-OH is 1. The van der Waals surface area contributed by atoms with E-state index >= 15 is 0 Å². The highest BCUT2D eigenvalue weighted by Gasteiger charge is 2.09. The van der Waals surface area contributed by atoms with Crippen LogP contribution < -0.4 is 0 Å². The molecule has 0 aromatic heterocycles. The first-order valence-electron chi connectivity index (χ1n) is 21.0. The van der Waals surface area contributed by atoms with Crippen molar-refractivity contribution in [2.24, 2.45) is 5.92 Å². The minimum atomic E-state index is 0.378. The molecule has 0 heterocycles. The van der Waals surface area contributed by atoms with Gasteiger partial charge in [-0.15, -0.1) is 0 Å². The van der Waals surface area contributed by atoms with Crippen molar-refractivity contribution in [2.45, 2.75) is 258 Å². The summed E-state index contributed by atoms with van der Waals surface area (Å²) in [6.45, 7) is 4.99. The first-order chi connectivity index (χ1) is 21.3. The summed E-state index contributed by atoms with van der Waals surface area (Å²) in [5, 5.41) is 9.15. The summed E-state index contributed by atoms with van der Waals surface area (Å²) >= 11 is 0. The van der Waals surface area contributed by atoms with Gasteiger partial charge in [0, 0.05) is 6.61 Å². The molecule has 0 aliphatic heterocycles. The van der Waals surface area contributed by atoms with Gasteiger partial charge in [-0.25, -0.2) is 0 Å². The Balaban J connectivity index is 3.60. The Morgan fingerprint density at radius 1 is 0.256 bits per heavy atom. The molecule has 1 N–H and O–H groups in total. The third-order valence-corrected chi connectivity index (χ3v) is 10.2. The fourth-order valence-corrected chi connectivity index (χ4v) is 7.12. The van der Waals surface area contributed by atoms with E-state index in [9.17, 15) is 0 Å². The highest BCUT2D eigenvalue weighted by Crippen LogP contribution is 2.25. The van der Waals surface area contributed by atoms with Crippen LogP contribution in [-0.4, -0.2) is 11.7 Å². The maximum absolute atomic E-state index is 9.15. The Morgan fingerprint density at radius 3 is 0.651 bits per heavy atom. The first-order valence-corrected chi connectivity index (χ1v) is 21.0. The Labute approximate surface area is 274 Å².